The first-order chi connectivity index (χ1) is 6.65. The molecule has 0 atom stereocenters. The molecule has 0 aliphatic heterocycles. The Kier molecular flexibility index (Phi) is 3.45. The Balaban J connectivity index is 2.68. The van der Waals surface area contributed by atoms with Crippen LogP contribution in [0, 0.1) is 12.7 Å². The number of ether oxygens (including phenoxy) is 1. The number of nitrogens with one attached hydrogen (secondary N) is 1. The number of carbonyl (C=O) groups is 1. The van der Waals surface area contributed by atoms with Crippen LogP contribution in [0.3, 0.4) is 0 Å². The number of likely N-dealkylation sites (N-methyl/N-ethyl adjacent to an activating group) is 1. The summed E-state index contributed by atoms with van der Waals surface area (Å²) in [7, 11) is 1.50. The number of aryl methyl sites for hydroxylation is 1. The van der Waals surface area contributed by atoms with Gasteiger partial charge in [0, 0.05) is 7.05 Å². The smallest absolute Gasteiger partial charge is 0.257 e. The van der Waals surface area contributed by atoms with Crippen LogP contribution in [0.2, 0.25) is 0 Å². The van der Waals surface area contributed by atoms with Crippen molar-refractivity contribution < 1.29 is 13.9 Å². The van der Waals surface area contributed by atoms with E-state index in [4.69, 9.17) is 4.74 Å². The minimum absolute atomic E-state index is 0.105. The quantitative estimate of drug-likeness (QED) is 0.792. The summed E-state index contributed by atoms with van der Waals surface area (Å²) in [6, 6.07) is 4.81. The van der Waals surface area contributed by atoms with Crippen molar-refractivity contribution in [2.24, 2.45) is 0 Å². The van der Waals surface area contributed by atoms with Crippen LogP contribution in [-0.4, -0.2) is 19.6 Å². The van der Waals surface area contributed by atoms with Crippen molar-refractivity contribution in [1.29, 1.82) is 0 Å². The van der Waals surface area contributed by atoms with Crippen molar-refractivity contribution in [1.82, 2.24) is 5.32 Å². The van der Waals surface area contributed by atoms with Crippen molar-refractivity contribution >= 4 is 5.91 Å². The van der Waals surface area contributed by atoms with Crippen LogP contribution in [0.1, 0.15) is 5.56 Å². The average molecular weight is 197 g/mol. The van der Waals surface area contributed by atoms with Crippen LogP contribution in [0.4, 0.5) is 4.39 Å². The third-order valence-electron chi connectivity index (χ3n) is 1.79. The molecular formula is C10H12FNO2. The summed E-state index contributed by atoms with van der Waals surface area (Å²) < 4.78 is 18.3. The molecular weight excluding hydrogens is 185 g/mol. The van der Waals surface area contributed by atoms with E-state index in [1.54, 1.807) is 19.1 Å². The summed E-state index contributed by atoms with van der Waals surface area (Å²) in [5.74, 6) is -0.601. The molecule has 0 bridgehead atoms. The highest BCUT2D eigenvalue weighted by atomic mass is 19.1. The van der Waals surface area contributed by atoms with E-state index in [1.165, 1.54) is 13.1 Å². The van der Waals surface area contributed by atoms with E-state index in [2.05, 4.69) is 5.32 Å². The number of hydrogen-bond acceptors (Lipinski definition) is 2. The van der Waals surface area contributed by atoms with Crippen LogP contribution in [0.25, 0.3) is 0 Å². The molecule has 0 aromatic heterocycles. The Labute approximate surface area is 81.9 Å². The highest BCUT2D eigenvalue weighted by molar-refractivity contribution is 5.77. The number of benzene rings is 1. The summed E-state index contributed by atoms with van der Waals surface area (Å²) in [5.41, 5.74) is 0.499. The van der Waals surface area contributed by atoms with E-state index >= 15 is 0 Å². The first-order valence-corrected chi connectivity index (χ1v) is 4.23. The molecule has 14 heavy (non-hydrogen) atoms. The van der Waals surface area contributed by atoms with Crippen molar-refractivity contribution in [2.45, 2.75) is 6.92 Å². The third-order valence-corrected chi connectivity index (χ3v) is 1.79. The summed E-state index contributed by atoms with van der Waals surface area (Å²) in [5, 5.41) is 2.38. The average Bonchev–Trinajstić information content (AvgIpc) is 2.20. The maximum absolute atomic E-state index is 13.3. The molecule has 0 aliphatic carbocycles. The Morgan fingerprint density at radius 3 is 2.93 bits per heavy atom. The lowest BCUT2D eigenvalue weighted by atomic mass is 10.2. The van der Waals surface area contributed by atoms with E-state index in [1.807, 2.05) is 0 Å². The Hall–Kier alpha value is -1.58. The van der Waals surface area contributed by atoms with Crippen LogP contribution < -0.4 is 10.1 Å². The van der Waals surface area contributed by atoms with Crippen molar-refractivity contribution in [2.75, 3.05) is 13.7 Å². The second kappa shape index (κ2) is 4.60. The van der Waals surface area contributed by atoms with Gasteiger partial charge >= 0.3 is 0 Å². The monoisotopic (exact) mass is 197 g/mol. The van der Waals surface area contributed by atoms with Gasteiger partial charge in [-0.3, -0.25) is 4.79 Å². The second-order valence-corrected chi connectivity index (χ2v) is 2.85. The molecule has 0 radical (unpaired) electrons. The molecule has 0 aliphatic rings. The molecule has 0 fully saturated rings. The highest BCUT2D eigenvalue weighted by Crippen LogP contribution is 2.19. The topological polar surface area (TPSA) is 38.3 Å². The SMILES string of the molecule is CNC(=O)COc1cccc(C)c1F. The van der Waals surface area contributed by atoms with Gasteiger partial charge < -0.3 is 10.1 Å². The molecule has 0 unspecified atom stereocenters. The molecule has 76 valence electrons. The number of hydrogen-bond donors (Lipinski definition) is 1. The Morgan fingerprint density at radius 1 is 1.57 bits per heavy atom. The van der Waals surface area contributed by atoms with Gasteiger partial charge in [0.1, 0.15) is 0 Å². The molecule has 1 aromatic rings. The molecule has 1 aromatic carbocycles. The minimum atomic E-state index is -0.420. The van der Waals surface area contributed by atoms with E-state index in [0.29, 0.717) is 5.56 Å². The molecule has 1 rings (SSSR count). The summed E-state index contributed by atoms with van der Waals surface area (Å²) in [4.78, 5) is 10.8. The van der Waals surface area contributed by atoms with Crippen molar-refractivity contribution in [3.05, 3.63) is 29.6 Å². The fraction of sp³-hybridized carbons (Fsp3) is 0.300. The summed E-state index contributed by atoms with van der Waals surface area (Å²) >= 11 is 0. The summed E-state index contributed by atoms with van der Waals surface area (Å²) in [6.45, 7) is 1.47. The van der Waals surface area contributed by atoms with Gasteiger partial charge in [-0.25, -0.2) is 4.39 Å². The fourth-order valence-electron chi connectivity index (χ4n) is 0.947. The van der Waals surface area contributed by atoms with Gasteiger partial charge in [0.15, 0.2) is 18.2 Å². The van der Waals surface area contributed by atoms with Gasteiger partial charge in [-0.15, -0.1) is 0 Å². The third kappa shape index (κ3) is 2.45. The van der Waals surface area contributed by atoms with E-state index in [0.717, 1.165) is 0 Å². The van der Waals surface area contributed by atoms with E-state index in [9.17, 15) is 9.18 Å². The predicted octanol–water partition coefficient (Wildman–Crippen LogP) is 1.26. The maximum atomic E-state index is 13.3. The zero-order valence-corrected chi connectivity index (χ0v) is 8.13. The number of amides is 1. The predicted molar refractivity (Wildman–Crippen MR) is 50.7 cm³/mol. The second-order valence-electron chi connectivity index (χ2n) is 2.85. The first-order valence-electron chi connectivity index (χ1n) is 4.23. The lowest BCUT2D eigenvalue weighted by molar-refractivity contribution is -0.122. The molecule has 0 saturated carbocycles. The highest BCUT2D eigenvalue weighted by Gasteiger charge is 2.06. The van der Waals surface area contributed by atoms with E-state index in [-0.39, 0.29) is 18.3 Å². The molecule has 0 spiro atoms. The molecule has 0 saturated heterocycles. The number of rotatable bonds is 3. The fourth-order valence-corrected chi connectivity index (χ4v) is 0.947. The molecule has 0 heterocycles. The van der Waals surface area contributed by atoms with Gasteiger partial charge in [0.25, 0.3) is 5.91 Å². The van der Waals surface area contributed by atoms with Gasteiger partial charge in [-0.1, -0.05) is 12.1 Å². The first kappa shape index (κ1) is 10.5. The molecule has 4 heteroatoms. The van der Waals surface area contributed by atoms with E-state index < -0.39 is 5.82 Å². The summed E-state index contributed by atoms with van der Waals surface area (Å²) in [6.07, 6.45) is 0. The zero-order valence-electron chi connectivity index (χ0n) is 8.13. The van der Waals surface area contributed by atoms with Gasteiger partial charge in [0.05, 0.1) is 0 Å². The van der Waals surface area contributed by atoms with Gasteiger partial charge in [0.2, 0.25) is 0 Å². The van der Waals surface area contributed by atoms with Crippen LogP contribution in [0.5, 0.6) is 5.75 Å². The van der Waals surface area contributed by atoms with Crippen molar-refractivity contribution in [3.63, 3.8) is 0 Å². The Morgan fingerprint density at radius 2 is 2.29 bits per heavy atom. The van der Waals surface area contributed by atoms with Gasteiger partial charge in [-0.2, -0.15) is 0 Å². The molecule has 1 amide bonds. The lowest BCUT2D eigenvalue weighted by Gasteiger charge is -2.07. The normalized spacial score (nSPS) is 9.64. The lowest BCUT2D eigenvalue weighted by Crippen LogP contribution is -2.25. The van der Waals surface area contributed by atoms with Crippen LogP contribution >= 0.6 is 0 Å². The molecule has 3 nitrogen and oxygen atoms in total. The van der Waals surface area contributed by atoms with Crippen LogP contribution in [-0.2, 0) is 4.79 Å². The zero-order chi connectivity index (χ0) is 10.6. The Bertz CT molecular complexity index is 339. The van der Waals surface area contributed by atoms with Crippen molar-refractivity contribution in [3.8, 4) is 5.75 Å². The maximum Gasteiger partial charge on any atom is 0.257 e. The number of halogens is 1. The standard InChI is InChI=1S/C10H12FNO2/c1-7-4-3-5-8(10(7)11)14-6-9(13)12-2/h3-5H,6H2,1-2H3,(H,12,13). The van der Waals surface area contributed by atoms with Crippen LogP contribution in [0.15, 0.2) is 18.2 Å². The largest absolute Gasteiger partial charge is 0.481 e. The minimum Gasteiger partial charge on any atom is -0.481 e. The molecule has 1 N–H and O–H groups in total. The van der Waals surface area contributed by atoms with Gasteiger partial charge in [-0.05, 0) is 18.6 Å². The number of carbonyl (C=O) groups excluding carboxylic acids is 1.